The summed E-state index contributed by atoms with van der Waals surface area (Å²) in [6.07, 6.45) is 6.38. The van der Waals surface area contributed by atoms with E-state index in [-0.39, 0.29) is 17.9 Å². The summed E-state index contributed by atoms with van der Waals surface area (Å²) in [6, 6.07) is 14.6. The van der Waals surface area contributed by atoms with Crippen LogP contribution in [0.1, 0.15) is 43.9 Å². The fourth-order valence-electron chi connectivity index (χ4n) is 3.51. The van der Waals surface area contributed by atoms with E-state index in [1.54, 1.807) is 12.1 Å². The summed E-state index contributed by atoms with van der Waals surface area (Å²) < 4.78 is 0. The van der Waals surface area contributed by atoms with E-state index in [1.165, 1.54) is 0 Å². The van der Waals surface area contributed by atoms with Crippen LogP contribution in [0.15, 0.2) is 65.5 Å². The Labute approximate surface area is 186 Å². The maximum absolute atomic E-state index is 12.4. The average molecular weight is 434 g/mol. The standard InChI is InChI=1S/C25H27N3O4/c1-2-3-4-5-10-18(25(31)32)16-23(29)26-19-11-8-9-17(14-19)15-22-20-12-6-7-13-21(20)24(30)28-27-22/h4-9,11-14,18H,2-3,10,15-16H2,1H3,(H,26,29)(H,28,30)(H,31,32)/b5-4+. The molecule has 2 aromatic carbocycles. The van der Waals surface area contributed by atoms with Crippen molar-refractivity contribution in [3.05, 3.63) is 82.3 Å². The van der Waals surface area contributed by atoms with Gasteiger partial charge in [-0.15, -0.1) is 0 Å². The molecule has 7 nitrogen and oxygen atoms in total. The number of carboxylic acid groups (broad SMARTS) is 1. The lowest BCUT2D eigenvalue weighted by molar-refractivity contribution is -0.143. The molecule has 0 aliphatic rings. The zero-order chi connectivity index (χ0) is 22.9. The number of aromatic amines is 1. The van der Waals surface area contributed by atoms with E-state index in [1.807, 2.05) is 48.6 Å². The van der Waals surface area contributed by atoms with Gasteiger partial charge in [-0.1, -0.05) is 55.8 Å². The summed E-state index contributed by atoms with van der Waals surface area (Å²) in [4.78, 5) is 35.9. The van der Waals surface area contributed by atoms with Crippen molar-refractivity contribution in [3.63, 3.8) is 0 Å². The minimum absolute atomic E-state index is 0.0951. The number of carboxylic acids is 1. The molecule has 7 heteroatoms. The lowest BCUT2D eigenvalue weighted by atomic mass is 10.0. The predicted molar refractivity (Wildman–Crippen MR) is 125 cm³/mol. The maximum atomic E-state index is 12.4. The van der Waals surface area contributed by atoms with Gasteiger partial charge in [0, 0.05) is 23.9 Å². The Bertz CT molecular complexity index is 1180. The molecule has 3 aromatic rings. The van der Waals surface area contributed by atoms with E-state index >= 15 is 0 Å². The molecule has 1 amide bonds. The number of amides is 1. The molecular weight excluding hydrogens is 406 g/mol. The molecule has 166 valence electrons. The second-order valence-electron chi connectivity index (χ2n) is 7.71. The number of carbonyl (C=O) groups excluding carboxylic acids is 1. The zero-order valence-electron chi connectivity index (χ0n) is 18.0. The molecule has 1 heterocycles. The average Bonchev–Trinajstić information content (AvgIpc) is 2.78. The van der Waals surface area contributed by atoms with Gasteiger partial charge in [0.15, 0.2) is 0 Å². The van der Waals surface area contributed by atoms with Crippen molar-refractivity contribution in [2.45, 2.75) is 39.0 Å². The van der Waals surface area contributed by atoms with Gasteiger partial charge in [0.2, 0.25) is 5.91 Å². The zero-order valence-corrected chi connectivity index (χ0v) is 18.0. The van der Waals surface area contributed by atoms with Crippen LogP contribution in [0.5, 0.6) is 0 Å². The van der Waals surface area contributed by atoms with Gasteiger partial charge in [-0.05, 0) is 36.6 Å². The number of nitrogens with one attached hydrogen (secondary N) is 2. The van der Waals surface area contributed by atoms with Crippen LogP contribution < -0.4 is 10.9 Å². The quantitative estimate of drug-likeness (QED) is 0.413. The predicted octanol–water partition coefficient (Wildman–Crippen LogP) is 4.29. The Balaban J connectivity index is 1.69. The van der Waals surface area contributed by atoms with E-state index in [2.05, 4.69) is 22.4 Å². The van der Waals surface area contributed by atoms with Crippen LogP contribution >= 0.6 is 0 Å². The summed E-state index contributed by atoms with van der Waals surface area (Å²) in [6.45, 7) is 2.05. The van der Waals surface area contributed by atoms with Crippen LogP contribution in [-0.4, -0.2) is 27.2 Å². The molecule has 0 spiro atoms. The van der Waals surface area contributed by atoms with Gasteiger partial charge in [-0.3, -0.25) is 14.4 Å². The summed E-state index contributed by atoms with van der Waals surface area (Å²) in [5.41, 5.74) is 1.99. The first-order valence-electron chi connectivity index (χ1n) is 10.7. The summed E-state index contributed by atoms with van der Waals surface area (Å²) >= 11 is 0. The lowest BCUT2D eigenvalue weighted by Gasteiger charge is -2.12. The first-order chi connectivity index (χ1) is 15.5. The number of H-pyrrole nitrogens is 1. The first kappa shape index (κ1) is 22.9. The van der Waals surface area contributed by atoms with Gasteiger partial charge in [0.05, 0.1) is 17.0 Å². The molecule has 32 heavy (non-hydrogen) atoms. The van der Waals surface area contributed by atoms with Gasteiger partial charge >= 0.3 is 5.97 Å². The molecule has 1 atom stereocenters. The van der Waals surface area contributed by atoms with Crippen molar-refractivity contribution in [2.24, 2.45) is 5.92 Å². The minimum atomic E-state index is -0.980. The van der Waals surface area contributed by atoms with Crippen molar-refractivity contribution in [1.82, 2.24) is 10.2 Å². The Kier molecular flexibility index (Phi) is 7.91. The normalized spacial score (nSPS) is 12.2. The monoisotopic (exact) mass is 433 g/mol. The number of aliphatic carboxylic acids is 1. The van der Waals surface area contributed by atoms with Gasteiger partial charge in [0.25, 0.3) is 5.56 Å². The molecule has 0 aliphatic carbocycles. The van der Waals surface area contributed by atoms with Crippen LogP contribution in [0.25, 0.3) is 10.8 Å². The maximum Gasteiger partial charge on any atom is 0.307 e. The van der Waals surface area contributed by atoms with E-state index in [0.717, 1.165) is 29.5 Å². The first-order valence-corrected chi connectivity index (χ1v) is 10.7. The number of rotatable bonds is 10. The molecule has 0 aliphatic heterocycles. The molecular formula is C25H27N3O4. The molecule has 0 saturated heterocycles. The number of unbranched alkanes of at least 4 members (excludes halogenated alkanes) is 1. The number of allylic oxidation sites excluding steroid dienone is 2. The number of hydrogen-bond acceptors (Lipinski definition) is 4. The molecule has 3 rings (SSSR count). The number of anilines is 1. The lowest BCUT2D eigenvalue weighted by Crippen LogP contribution is -2.22. The Morgan fingerprint density at radius 1 is 1.12 bits per heavy atom. The Morgan fingerprint density at radius 3 is 2.66 bits per heavy atom. The third-order valence-corrected chi connectivity index (χ3v) is 5.18. The van der Waals surface area contributed by atoms with Gasteiger partial charge in [0.1, 0.15) is 0 Å². The highest BCUT2D eigenvalue weighted by Gasteiger charge is 2.20. The SMILES string of the molecule is CCC/C=C/CC(CC(=O)Nc1cccc(Cc2n[nH]c(=O)c3ccccc23)c1)C(=O)O. The van der Waals surface area contributed by atoms with Crippen molar-refractivity contribution >= 4 is 28.3 Å². The minimum Gasteiger partial charge on any atom is -0.481 e. The van der Waals surface area contributed by atoms with Gasteiger partial charge < -0.3 is 10.4 Å². The summed E-state index contributed by atoms with van der Waals surface area (Å²) in [5.74, 6) is -2.08. The number of aromatic nitrogens is 2. The van der Waals surface area contributed by atoms with Crippen LogP contribution in [0, 0.1) is 5.92 Å². The van der Waals surface area contributed by atoms with Crippen molar-refractivity contribution in [1.29, 1.82) is 0 Å². The Morgan fingerprint density at radius 2 is 1.91 bits per heavy atom. The third kappa shape index (κ3) is 6.14. The highest BCUT2D eigenvalue weighted by Crippen LogP contribution is 2.19. The molecule has 1 unspecified atom stereocenters. The van der Waals surface area contributed by atoms with Crippen molar-refractivity contribution < 1.29 is 14.7 Å². The second-order valence-corrected chi connectivity index (χ2v) is 7.71. The molecule has 0 radical (unpaired) electrons. The fourth-order valence-corrected chi connectivity index (χ4v) is 3.51. The molecule has 0 fully saturated rings. The second kappa shape index (κ2) is 11.0. The summed E-state index contributed by atoms with van der Waals surface area (Å²) in [5, 5.41) is 20.3. The number of benzene rings is 2. The van der Waals surface area contributed by atoms with E-state index in [9.17, 15) is 19.5 Å². The topological polar surface area (TPSA) is 112 Å². The number of nitrogens with zero attached hydrogens (tertiary/aromatic N) is 1. The van der Waals surface area contributed by atoms with Crippen LogP contribution in [0.4, 0.5) is 5.69 Å². The highest BCUT2D eigenvalue weighted by atomic mass is 16.4. The van der Waals surface area contributed by atoms with Crippen molar-refractivity contribution in [3.8, 4) is 0 Å². The largest absolute Gasteiger partial charge is 0.481 e. The van der Waals surface area contributed by atoms with E-state index < -0.39 is 11.9 Å². The van der Waals surface area contributed by atoms with E-state index in [0.29, 0.717) is 23.9 Å². The van der Waals surface area contributed by atoms with Crippen molar-refractivity contribution in [2.75, 3.05) is 5.32 Å². The molecule has 3 N–H and O–H groups in total. The number of carbonyl (C=O) groups is 2. The van der Waals surface area contributed by atoms with Crippen LogP contribution in [0.3, 0.4) is 0 Å². The highest BCUT2D eigenvalue weighted by molar-refractivity contribution is 5.93. The van der Waals surface area contributed by atoms with E-state index in [4.69, 9.17) is 0 Å². The van der Waals surface area contributed by atoms with Gasteiger partial charge in [-0.25, -0.2) is 5.10 Å². The smallest absolute Gasteiger partial charge is 0.307 e. The molecule has 0 saturated carbocycles. The fraction of sp³-hybridized carbons (Fsp3) is 0.280. The summed E-state index contributed by atoms with van der Waals surface area (Å²) in [7, 11) is 0. The molecule has 1 aromatic heterocycles. The van der Waals surface area contributed by atoms with Gasteiger partial charge in [-0.2, -0.15) is 5.10 Å². The third-order valence-electron chi connectivity index (χ3n) is 5.18. The molecule has 0 bridgehead atoms. The van der Waals surface area contributed by atoms with Crippen LogP contribution in [-0.2, 0) is 16.0 Å². The number of fused-ring (bicyclic) bond motifs is 1. The van der Waals surface area contributed by atoms with Crippen LogP contribution in [0.2, 0.25) is 0 Å². The Hall–Kier alpha value is -3.74. The number of hydrogen-bond donors (Lipinski definition) is 3.